The number of carbonyl (C=O) groups excluding carboxylic acids is 1. The first kappa shape index (κ1) is 20.0. The average molecular weight is 437 g/mol. The molecule has 1 saturated heterocycles. The lowest BCUT2D eigenvalue weighted by Gasteiger charge is -2.55. The van der Waals surface area contributed by atoms with Crippen LogP contribution < -0.4 is 5.32 Å². The molecule has 160 valence electrons. The highest BCUT2D eigenvalue weighted by molar-refractivity contribution is 7.91. The molecule has 5 nitrogen and oxygen atoms in total. The van der Waals surface area contributed by atoms with Crippen LogP contribution in [0.5, 0.6) is 0 Å². The summed E-state index contributed by atoms with van der Waals surface area (Å²) in [4.78, 5) is 13.2. The quantitative estimate of drug-likeness (QED) is 0.733. The fourth-order valence-electron chi connectivity index (χ4n) is 7.03. The van der Waals surface area contributed by atoms with Crippen molar-refractivity contribution in [1.29, 1.82) is 0 Å². The molecule has 5 fully saturated rings. The number of carbonyl (C=O) groups is 1. The summed E-state index contributed by atoms with van der Waals surface area (Å²) in [6.07, 6.45) is 10.8. The van der Waals surface area contributed by atoms with Gasteiger partial charge in [0.1, 0.15) is 4.21 Å². The maximum absolute atomic E-state index is 13.2. The minimum atomic E-state index is -3.42. The smallest absolute Gasteiger partial charge is 0.252 e. The van der Waals surface area contributed by atoms with Gasteiger partial charge in [0.05, 0.1) is 0 Å². The summed E-state index contributed by atoms with van der Waals surface area (Å²) < 4.78 is 28.2. The van der Waals surface area contributed by atoms with Gasteiger partial charge in [-0.1, -0.05) is 12.5 Å². The zero-order valence-electron chi connectivity index (χ0n) is 17.0. The Bertz CT molecular complexity index is 814. The predicted octanol–water partition coefficient (Wildman–Crippen LogP) is 4.01. The van der Waals surface area contributed by atoms with E-state index < -0.39 is 10.0 Å². The number of nitrogens with one attached hydrogen (secondary N) is 1. The molecule has 6 rings (SSSR count). The highest BCUT2D eigenvalue weighted by Crippen LogP contribution is 2.60. The Hall–Kier alpha value is -0.920. The van der Waals surface area contributed by atoms with Crippen molar-refractivity contribution in [3.8, 4) is 0 Å². The Morgan fingerprint density at radius 2 is 1.83 bits per heavy atom. The molecule has 4 aliphatic carbocycles. The predicted molar refractivity (Wildman–Crippen MR) is 114 cm³/mol. The normalized spacial score (nSPS) is 37.0. The second-order valence-electron chi connectivity index (χ2n) is 9.94. The molecule has 4 saturated carbocycles. The number of piperidine rings is 1. The summed E-state index contributed by atoms with van der Waals surface area (Å²) in [7, 11) is -3.42. The summed E-state index contributed by atoms with van der Waals surface area (Å²) >= 11 is 1.29. The molecule has 5 aliphatic rings. The van der Waals surface area contributed by atoms with Crippen LogP contribution in [0, 0.1) is 23.2 Å². The Kier molecular flexibility index (Phi) is 5.28. The number of thiophene rings is 1. The van der Waals surface area contributed by atoms with Crippen LogP contribution in [-0.2, 0) is 14.8 Å². The largest absolute Gasteiger partial charge is 0.356 e. The Morgan fingerprint density at radius 1 is 1.14 bits per heavy atom. The fourth-order valence-corrected chi connectivity index (χ4v) is 9.88. The van der Waals surface area contributed by atoms with Crippen molar-refractivity contribution in [2.75, 3.05) is 13.1 Å². The van der Waals surface area contributed by atoms with Gasteiger partial charge in [-0.15, -0.1) is 11.3 Å². The van der Waals surface area contributed by atoms with Crippen LogP contribution in [0.1, 0.15) is 64.2 Å². The average Bonchev–Trinajstić information content (AvgIpc) is 3.23. The summed E-state index contributed by atoms with van der Waals surface area (Å²) in [5, 5.41) is 5.05. The van der Waals surface area contributed by atoms with E-state index in [0.29, 0.717) is 23.7 Å². The van der Waals surface area contributed by atoms with Crippen LogP contribution >= 0.6 is 11.3 Å². The van der Waals surface area contributed by atoms with Crippen LogP contribution in [-0.4, -0.2) is 37.8 Å². The maximum atomic E-state index is 13.2. The van der Waals surface area contributed by atoms with Crippen molar-refractivity contribution in [2.24, 2.45) is 23.2 Å². The number of sulfonamides is 1. The van der Waals surface area contributed by atoms with Gasteiger partial charge in [-0.3, -0.25) is 4.79 Å². The third kappa shape index (κ3) is 3.68. The molecule has 1 amide bonds. The lowest BCUT2D eigenvalue weighted by atomic mass is 9.49. The monoisotopic (exact) mass is 436 g/mol. The highest BCUT2D eigenvalue weighted by Gasteiger charge is 2.54. The van der Waals surface area contributed by atoms with Gasteiger partial charge in [-0.05, 0) is 87.0 Å². The standard InChI is InChI=1S/C22H32N2O3S2/c25-21(22-13-16-10-17(14-22)12-18(11-16)15-22)23-7-6-19-4-1-2-8-24(19)29(26,27)20-5-3-9-28-20/h3,5,9,16-19H,1-2,4,6-8,10-15H2,(H,23,25). The number of hydrogen-bond donors (Lipinski definition) is 1. The number of hydrogen-bond acceptors (Lipinski definition) is 4. The molecule has 0 radical (unpaired) electrons. The van der Waals surface area contributed by atoms with E-state index in [2.05, 4.69) is 5.32 Å². The Morgan fingerprint density at radius 3 is 2.45 bits per heavy atom. The molecule has 2 heterocycles. The van der Waals surface area contributed by atoms with Gasteiger partial charge in [0.25, 0.3) is 10.0 Å². The molecular formula is C22H32N2O3S2. The molecular weight excluding hydrogens is 404 g/mol. The third-order valence-corrected chi connectivity index (χ3v) is 11.2. The number of amides is 1. The molecule has 1 unspecified atom stereocenters. The van der Waals surface area contributed by atoms with Crippen LogP contribution in [0.4, 0.5) is 0 Å². The van der Waals surface area contributed by atoms with Gasteiger partial charge in [0, 0.05) is 24.5 Å². The minimum absolute atomic E-state index is 0.00693. The third-order valence-electron chi connectivity index (χ3n) is 7.91. The molecule has 4 bridgehead atoms. The second-order valence-corrected chi connectivity index (χ2v) is 13.0. The van der Waals surface area contributed by atoms with Crippen molar-refractivity contribution >= 4 is 27.3 Å². The first-order valence-electron chi connectivity index (χ1n) is 11.3. The van der Waals surface area contributed by atoms with E-state index in [9.17, 15) is 13.2 Å². The van der Waals surface area contributed by atoms with Crippen molar-refractivity contribution in [3.05, 3.63) is 17.5 Å². The molecule has 1 atom stereocenters. The van der Waals surface area contributed by atoms with Gasteiger partial charge in [0.15, 0.2) is 0 Å². The molecule has 1 aromatic rings. The van der Waals surface area contributed by atoms with Crippen LogP contribution in [0.3, 0.4) is 0 Å². The highest BCUT2D eigenvalue weighted by atomic mass is 32.2. The van der Waals surface area contributed by atoms with E-state index in [4.69, 9.17) is 0 Å². The lowest BCUT2D eigenvalue weighted by molar-refractivity contribution is -0.146. The fraction of sp³-hybridized carbons (Fsp3) is 0.773. The second kappa shape index (κ2) is 7.65. The lowest BCUT2D eigenvalue weighted by Crippen LogP contribution is -2.54. The summed E-state index contributed by atoms with van der Waals surface area (Å²) in [6.45, 7) is 1.18. The maximum Gasteiger partial charge on any atom is 0.252 e. The van der Waals surface area contributed by atoms with E-state index in [1.807, 2.05) is 5.38 Å². The summed E-state index contributed by atoms with van der Waals surface area (Å²) in [6, 6.07) is 3.48. The first-order chi connectivity index (χ1) is 14.0. The Labute approximate surface area is 178 Å². The van der Waals surface area contributed by atoms with Crippen LogP contribution in [0.15, 0.2) is 21.7 Å². The molecule has 1 N–H and O–H groups in total. The van der Waals surface area contributed by atoms with E-state index in [1.165, 1.54) is 30.6 Å². The molecule has 7 heteroatoms. The topological polar surface area (TPSA) is 66.5 Å². The Balaban J connectivity index is 1.21. The van der Waals surface area contributed by atoms with Crippen molar-refractivity contribution in [2.45, 2.75) is 74.5 Å². The SMILES string of the molecule is O=C(NCCC1CCCCN1S(=O)(=O)c1cccs1)C12CC3CC(CC(C3)C1)C2. The molecule has 0 spiro atoms. The van der Waals surface area contributed by atoms with Crippen molar-refractivity contribution in [3.63, 3.8) is 0 Å². The van der Waals surface area contributed by atoms with E-state index in [1.54, 1.807) is 16.4 Å². The van der Waals surface area contributed by atoms with Crippen LogP contribution in [0.25, 0.3) is 0 Å². The van der Waals surface area contributed by atoms with Crippen molar-refractivity contribution in [1.82, 2.24) is 9.62 Å². The van der Waals surface area contributed by atoms with Gasteiger partial charge >= 0.3 is 0 Å². The van der Waals surface area contributed by atoms with Gasteiger partial charge in [-0.2, -0.15) is 4.31 Å². The van der Waals surface area contributed by atoms with Crippen molar-refractivity contribution < 1.29 is 13.2 Å². The zero-order valence-corrected chi connectivity index (χ0v) is 18.6. The van der Waals surface area contributed by atoms with Gasteiger partial charge in [-0.25, -0.2) is 8.42 Å². The first-order valence-corrected chi connectivity index (χ1v) is 13.6. The summed E-state index contributed by atoms with van der Waals surface area (Å²) in [5.41, 5.74) is -0.121. The zero-order chi connectivity index (χ0) is 20.1. The molecule has 29 heavy (non-hydrogen) atoms. The van der Waals surface area contributed by atoms with E-state index in [-0.39, 0.29) is 17.4 Å². The van der Waals surface area contributed by atoms with Crippen LogP contribution in [0.2, 0.25) is 0 Å². The van der Waals surface area contributed by atoms with Gasteiger partial charge in [0.2, 0.25) is 5.91 Å². The number of nitrogens with zero attached hydrogens (tertiary/aromatic N) is 1. The van der Waals surface area contributed by atoms with E-state index >= 15 is 0 Å². The van der Waals surface area contributed by atoms with E-state index in [0.717, 1.165) is 56.3 Å². The number of rotatable bonds is 6. The minimum Gasteiger partial charge on any atom is -0.356 e. The molecule has 1 aromatic heterocycles. The molecule has 0 aromatic carbocycles. The van der Waals surface area contributed by atoms with Gasteiger partial charge < -0.3 is 5.32 Å². The molecule has 1 aliphatic heterocycles. The summed E-state index contributed by atoms with van der Waals surface area (Å²) in [5.74, 6) is 2.53.